The number of hydrogen-bond acceptors (Lipinski definition) is 6. The third-order valence-electron chi connectivity index (χ3n) is 5.39. The number of nitrogens with two attached hydrogens (primary N) is 2. The molecule has 1 unspecified atom stereocenters. The molecular formula is C21H24N4OS2. The molecule has 1 amide bonds. The van der Waals surface area contributed by atoms with Crippen molar-refractivity contribution < 1.29 is 4.79 Å². The summed E-state index contributed by atoms with van der Waals surface area (Å²) < 4.78 is 0.565. The number of rotatable bonds is 4. The first-order chi connectivity index (χ1) is 13.5. The number of carbonyl (C=O) groups excluding carboxylic acids is 1. The highest BCUT2D eigenvalue weighted by molar-refractivity contribution is 8.24. The van der Waals surface area contributed by atoms with E-state index in [1.54, 1.807) is 0 Å². The SMILES string of the molecule is Nc1cc(N2CCC(N)CC2)ccc1-c1ccc(CC2SC(=S)NC2=O)cc1. The van der Waals surface area contributed by atoms with Gasteiger partial charge in [-0.15, -0.1) is 0 Å². The number of amides is 1. The van der Waals surface area contributed by atoms with Crippen molar-refractivity contribution in [3.05, 3.63) is 48.0 Å². The summed E-state index contributed by atoms with van der Waals surface area (Å²) in [6.07, 6.45) is 2.71. The van der Waals surface area contributed by atoms with Gasteiger partial charge >= 0.3 is 0 Å². The fourth-order valence-electron chi connectivity index (χ4n) is 3.73. The van der Waals surface area contributed by atoms with Gasteiger partial charge in [0.1, 0.15) is 4.32 Å². The Bertz CT molecular complexity index is 892. The average Bonchev–Trinajstić information content (AvgIpc) is 3.00. The number of thiocarbonyl (C=S) groups is 1. The van der Waals surface area contributed by atoms with Crippen LogP contribution in [0.4, 0.5) is 11.4 Å². The van der Waals surface area contributed by atoms with Crippen LogP contribution in [-0.4, -0.2) is 34.6 Å². The number of hydrogen-bond donors (Lipinski definition) is 3. The minimum Gasteiger partial charge on any atom is -0.398 e. The highest BCUT2D eigenvalue weighted by Gasteiger charge is 2.28. The summed E-state index contributed by atoms with van der Waals surface area (Å²) in [5, 5.41) is 2.56. The van der Waals surface area contributed by atoms with Crippen molar-refractivity contribution in [1.82, 2.24) is 5.32 Å². The molecule has 2 fully saturated rings. The Labute approximate surface area is 174 Å². The molecule has 0 spiro atoms. The van der Waals surface area contributed by atoms with E-state index in [1.165, 1.54) is 11.8 Å². The van der Waals surface area contributed by atoms with E-state index in [9.17, 15) is 4.79 Å². The molecule has 2 aromatic carbocycles. The first-order valence-corrected chi connectivity index (χ1v) is 10.8. The van der Waals surface area contributed by atoms with Crippen molar-refractivity contribution in [2.45, 2.75) is 30.6 Å². The molecule has 2 saturated heterocycles. The van der Waals surface area contributed by atoms with E-state index in [4.69, 9.17) is 23.7 Å². The highest BCUT2D eigenvalue weighted by atomic mass is 32.2. The monoisotopic (exact) mass is 412 g/mol. The van der Waals surface area contributed by atoms with Crippen molar-refractivity contribution in [3.63, 3.8) is 0 Å². The van der Waals surface area contributed by atoms with E-state index in [1.807, 2.05) is 0 Å². The van der Waals surface area contributed by atoms with Gasteiger partial charge in [-0.3, -0.25) is 4.79 Å². The minimum atomic E-state index is -0.139. The molecule has 7 heteroatoms. The van der Waals surface area contributed by atoms with Crippen LogP contribution in [0.15, 0.2) is 42.5 Å². The second kappa shape index (κ2) is 8.11. The van der Waals surface area contributed by atoms with Crippen molar-refractivity contribution in [2.24, 2.45) is 5.73 Å². The highest BCUT2D eigenvalue weighted by Crippen LogP contribution is 2.32. The van der Waals surface area contributed by atoms with Gasteiger partial charge in [-0.25, -0.2) is 0 Å². The van der Waals surface area contributed by atoms with E-state index >= 15 is 0 Å². The molecule has 146 valence electrons. The van der Waals surface area contributed by atoms with Crippen LogP contribution < -0.4 is 21.7 Å². The number of piperidine rings is 1. The van der Waals surface area contributed by atoms with E-state index in [0.29, 0.717) is 16.8 Å². The van der Waals surface area contributed by atoms with Gasteiger partial charge < -0.3 is 21.7 Å². The van der Waals surface area contributed by atoms with Gasteiger partial charge in [0, 0.05) is 36.1 Å². The maximum absolute atomic E-state index is 11.9. The molecular weight excluding hydrogens is 388 g/mol. The third-order valence-corrected chi connectivity index (χ3v) is 6.77. The second-order valence-electron chi connectivity index (χ2n) is 7.38. The average molecular weight is 413 g/mol. The van der Waals surface area contributed by atoms with Crippen LogP contribution in [0.1, 0.15) is 18.4 Å². The number of nitrogens with one attached hydrogen (secondary N) is 1. The first-order valence-electron chi connectivity index (χ1n) is 9.50. The standard InChI is InChI=1S/C21H24N4OS2/c22-15-7-9-25(10-8-15)16-5-6-17(18(23)12-16)14-3-1-13(2-4-14)11-19-20(26)24-21(27)28-19/h1-6,12,15,19H,7-11,22-23H2,(H,24,26,27). The van der Waals surface area contributed by atoms with E-state index < -0.39 is 0 Å². The molecule has 2 aromatic rings. The van der Waals surface area contributed by atoms with Crippen molar-refractivity contribution in [2.75, 3.05) is 23.7 Å². The zero-order valence-electron chi connectivity index (χ0n) is 15.6. The number of benzene rings is 2. The van der Waals surface area contributed by atoms with Gasteiger partial charge in [-0.2, -0.15) is 0 Å². The smallest absolute Gasteiger partial charge is 0.239 e. The van der Waals surface area contributed by atoms with Gasteiger partial charge in [0.2, 0.25) is 5.91 Å². The topological polar surface area (TPSA) is 84.4 Å². The van der Waals surface area contributed by atoms with Crippen LogP contribution in [0, 0.1) is 0 Å². The number of nitrogens with zero attached hydrogens (tertiary/aromatic N) is 1. The first kappa shape index (κ1) is 19.2. The molecule has 0 bridgehead atoms. The number of thioether (sulfide) groups is 1. The second-order valence-corrected chi connectivity index (χ2v) is 9.26. The fourth-order valence-corrected chi connectivity index (χ4v) is 5.04. The zero-order chi connectivity index (χ0) is 19.7. The van der Waals surface area contributed by atoms with Gasteiger partial charge in [0.25, 0.3) is 0 Å². The summed E-state index contributed by atoms with van der Waals surface area (Å²) in [4.78, 5) is 14.2. The Morgan fingerprint density at radius 1 is 1.14 bits per heavy atom. The van der Waals surface area contributed by atoms with Crippen LogP contribution >= 0.6 is 24.0 Å². The molecule has 1 atom stereocenters. The molecule has 2 heterocycles. The summed E-state index contributed by atoms with van der Waals surface area (Å²) in [7, 11) is 0. The number of nitrogen functional groups attached to an aromatic ring is 1. The molecule has 0 radical (unpaired) electrons. The van der Waals surface area contributed by atoms with Crippen LogP contribution in [0.25, 0.3) is 11.1 Å². The number of carbonyl (C=O) groups is 1. The molecule has 28 heavy (non-hydrogen) atoms. The predicted molar refractivity (Wildman–Crippen MR) is 122 cm³/mol. The normalized spacial score (nSPS) is 20.5. The molecule has 2 aliphatic heterocycles. The van der Waals surface area contributed by atoms with Gasteiger partial charge in [-0.1, -0.05) is 54.3 Å². The zero-order valence-corrected chi connectivity index (χ0v) is 17.2. The Hall–Kier alpha value is -2.09. The maximum Gasteiger partial charge on any atom is 0.239 e. The van der Waals surface area contributed by atoms with Crippen LogP contribution in [0.2, 0.25) is 0 Å². The lowest BCUT2D eigenvalue weighted by Crippen LogP contribution is -2.39. The Balaban J connectivity index is 1.46. The molecule has 4 rings (SSSR count). The van der Waals surface area contributed by atoms with E-state index in [-0.39, 0.29) is 11.2 Å². The predicted octanol–water partition coefficient (Wildman–Crippen LogP) is 2.92. The summed E-state index contributed by atoms with van der Waals surface area (Å²) >= 11 is 6.48. The van der Waals surface area contributed by atoms with Gasteiger partial charge in [-0.05, 0) is 42.5 Å². The molecule has 0 aliphatic carbocycles. The molecule has 0 saturated carbocycles. The van der Waals surface area contributed by atoms with E-state index in [0.717, 1.165) is 54.0 Å². The van der Waals surface area contributed by atoms with Crippen LogP contribution in [0.3, 0.4) is 0 Å². The van der Waals surface area contributed by atoms with Gasteiger partial charge in [0.15, 0.2) is 0 Å². The quantitative estimate of drug-likeness (QED) is 0.529. The largest absolute Gasteiger partial charge is 0.398 e. The fraction of sp³-hybridized carbons (Fsp3) is 0.333. The van der Waals surface area contributed by atoms with Crippen LogP contribution in [0.5, 0.6) is 0 Å². The molecule has 2 aliphatic rings. The molecule has 5 N–H and O–H groups in total. The summed E-state index contributed by atoms with van der Waals surface area (Å²) in [5.41, 5.74) is 17.5. The lowest BCUT2D eigenvalue weighted by molar-refractivity contribution is -0.118. The van der Waals surface area contributed by atoms with Crippen molar-refractivity contribution >= 4 is 45.6 Å². The Morgan fingerprint density at radius 3 is 2.46 bits per heavy atom. The Morgan fingerprint density at radius 2 is 1.86 bits per heavy atom. The maximum atomic E-state index is 11.9. The Kier molecular flexibility index (Phi) is 5.57. The van der Waals surface area contributed by atoms with Crippen molar-refractivity contribution in [3.8, 4) is 11.1 Å². The third kappa shape index (κ3) is 4.16. The minimum absolute atomic E-state index is 0.00224. The summed E-state index contributed by atoms with van der Waals surface area (Å²) in [5.74, 6) is -0.00224. The van der Waals surface area contributed by atoms with Gasteiger partial charge in [0.05, 0.1) is 5.25 Å². The lowest BCUT2D eigenvalue weighted by Gasteiger charge is -2.32. The van der Waals surface area contributed by atoms with Crippen LogP contribution in [-0.2, 0) is 11.2 Å². The summed E-state index contributed by atoms with van der Waals surface area (Å²) in [6.45, 7) is 1.95. The number of anilines is 2. The van der Waals surface area contributed by atoms with Crippen molar-refractivity contribution in [1.29, 1.82) is 0 Å². The molecule has 0 aromatic heterocycles. The summed E-state index contributed by atoms with van der Waals surface area (Å²) in [6, 6.07) is 14.8. The van der Waals surface area contributed by atoms with E-state index in [2.05, 4.69) is 52.7 Å². The molecule has 5 nitrogen and oxygen atoms in total. The lowest BCUT2D eigenvalue weighted by atomic mass is 9.99.